The summed E-state index contributed by atoms with van der Waals surface area (Å²) in [7, 11) is 3.70. The van der Waals surface area contributed by atoms with Crippen LogP contribution in [0.15, 0.2) is 24.3 Å². The number of nitrogens with zero attached hydrogens (tertiary/aromatic N) is 1. The van der Waals surface area contributed by atoms with Gasteiger partial charge in [0.15, 0.2) is 23.9 Å². The van der Waals surface area contributed by atoms with Crippen molar-refractivity contribution >= 4 is 5.97 Å². The van der Waals surface area contributed by atoms with E-state index in [0.29, 0.717) is 12.2 Å². The molecule has 33 heavy (non-hydrogen) atoms. The minimum atomic E-state index is -1.76. The summed E-state index contributed by atoms with van der Waals surface area (Å²) in [6, 6.07) is 4.00. The van der Waals surface area contributed by atoms with Gasteiger partial charge in [0.25, 0.3) is 0 Å². The zero-order chi connectivity index (χ0) is 23.5. The van der Waals surface area contributed by atoms with Crippen molar-refractivity contribution in [1.82, 2.24) is 4.90 Å². The number of hydrogen-bond acceptors (Lipinski definition) is 9. The van der Waals surface area contributed by atoms with E-state index >= 15 is 0 Å². The maximum Gasteiger partial charge on any atom is 0.335 e. The normalized spacial score (nSPS) is 39.8. The molecule has 5 rings (SSSR count). The molecule has 0 radical (unpaired) electrons. The SMILES string of the molecule is COc1ccc2c3c1O[C@H]1C[C@@H](O[C@H]4O[C@@H](C(=O)O)[C@H](O)[C@@H](O)[C@@H]4O)C=CC31CCN(C)C2. The number of carbonyl (C=O) groups is 1. The van der Waals surface area contributed by atoms with Crippen LogP contribution >= 0.6 is 0 Å². The van der Waals surface area contributed by atoms with Crippen LogP contribution in [-0.2, 0) is 26.2 Å². The van der Waals surface area contributed by atoms with E-state index in [-0.39, 0.29) is 11.5 Å². The van der Waals surface area contributed by atoms with Crippen molar-refractivity contribution in [3.63, 3.8) is 0 Å². The Morgan fingerprint density at radius 1 is 1.21 bits per heavy atom. The molecule has 10 heteroatoms. The Bertz CT molecular complexity index is 967. The van der Waals surface area contributed by atoms with E-state index in [1.807, 2.05) is 12.1 Å². The molecule has 10 nitrogen and oxygen atoms in total. The molecule has 0 amide bonds. The number of aliphatic carboxylic acids is 1. The number of hydrogen-bond donors (Lipinski definition) is 4. The summed E-state index contributed by atoms with van der Waals surface area (Å²) in [6.45, 7) is 1.68. The number of benzene rings is 1. The molecule has 1 spiro atoms. The maximum atomic E-state index is 11.4. The molecule has 4 aliphatic rings. The average Bonchev–Trinajstić information content (AvgIpc) is 3.05. The monoisotopic (exact) mass is 463 g/mol. The van der Waals surface area contributed by atoms with Gasteiger partial charge in [-0.1, -0.05) is 18.2 Å². The lowest BCUT2D eigenvalue weighted by Crippen LogP contribution is -2.61. The summed E-state index contributed by atoms with van der Waals surface area (Å²) in [5.74, 6) is -0.0404. The molecule has 1 fully saturated rings. The van der Waals surface area contributed by atoms with Crippen molar-refractivity contribution in [2.75, 3.05) is 20.7 Å². The van der Waals surface area contributed by atoms with Gasteiger partial charge in [0.05, 0.1) is 18.6 Å². The van der Waals surface area contributed by atoms with E-state index in [1.165, 1.54) is 5.56 Å². The second-order valence-electron chi connectivity index (χ2n) is 9.27. The lowest BCUT2D eigenvalue weighted by Gasteiger charge is -2.42. The van der Waals surface area contributed by atoms with Crippen LogP contribution in [0, 0.1) is 0 Å². The van der Waals surface area contributed by atoms with Crippen molar-refractivity contribution in [2.24, 2.45) is 0 Å². The summed E-state index contributed by atoms with van der Waals surface area (Å²) in [5.41, 5.74) is 1.96. The van der Waals surface area contributed by atoms with Gasteiger partial charge in [-0.05, 0) is 31.6 Å². The van der Waals surface area contributed by atoms with Gasteiger partial charge in [-0.15, -0.1) is 0 Å². The maximum absolute atomic E-state index is 11.4. The molecular formula is C23H29NO9. The number of carboxylic acid groups (broad SMARTS) is 1. The highest BCUT2D eigenvalue weighted by atomic mass is 16.7. The van der Waals surface area contributed by atoms with Gasteiger partial charge in [-0.2, -0.15) is 0 Å². The van der Waals surface area contributed by atoms with E-state index in [1.54, 1.807) is 7.11 Å². The third-order valence-electron chi connectivity index (χ3n) is 7.25. The Hall–Kier alpha value is -2.21. The molecule has 8 atom stereocenters. The van der Waals surface area contributed by atoms with Crippen molar-refractivity contribution in [3.8, 4) is 11.5 Å². The van der Waals surface area contributed by atoms with Gasteiger partial charge >= 0.3 is 5.97 Å². The lowest BCUT2D eigenvalue weighted by molar-refractivity contribution is -0.302. The second-order valence-corrected chi connectivity index (χ2v) is 9.27. The fraction of sp³-hybridized carbons (Fsp3) is 0.609. The molecule has 1 aromatic rings. The second kappa shape index (κ2) is 8.23. The van der Waals surface area contributed by atoms with Crippen LogP contribution in [0.25, 0.3) is 0 Å². The van der Waals surface area contributed by atoms with Crippen LogP contribution in [0.4, 0.5) is 0 Å². The summed E-state index contributed by atoms with van der Waals surface area (Å²) in [4.78, 5) is 13.7. The Kier molecular flexibility index (Phi) is 5.63. The van der Waals surface area contributed by atoms with Crippen molar-refractivity contribution in [2.45, 2.75) is 67.7 Å². The average molecular weight is 463 g/mol. The summed E-state index contributed by atoms with van der Waals surface area (Å²) in [5, 5.41) is 39.6. The fourth-order valence-corrected chi connectivity index (χ4v) is 5.50. The molecule has 1 aromatic carbocycles. The lowest BCUT2D eigenvalue weighted by atomic mass is 9.69. The summed E-state index contributed by atoms with van der Waals surface area (Å²) < 4.78 is 23.2. The van der Waals surface area contributed by atoms with E-state index < -0.39 is 42.8 Å². The van der Waals surface area contributed by atoms with Crippen LogP contribution in [0.1, 0.15) is 24.0 Å². The van der Waals surface area contributed by atoms with E-state index in [0.717, 1.165) is 30.8 Å². The van der Waals surface area contributed by atoms with Crippen LogP contribution in [-0.4, -0.2) is 94.9 Å². The fourth-order valence-electron chi connectivity index (χ4n) is 5.50. The van der Waals surface area contributed by atoms with Gasteiger partial charge in [0, 0.05) is 18.5 Å². The van der Waals surface area contributed by atoms with Gasteiger partial charge in [-0.25, -0.2) is 4.79 Å². The minimum Gasteiger partial charge on any atom is -0.493 e. The van der Waals surface area contributed by atoms with E-state index in [2.05, 4.69) is 24.1 Å². The number of carboxylic acids is 1. The zero-order valence-corrected chi connectivity index (χ0v) is 18.5. The predicted octanol–water partition coefficient (Wildman–Crippen LogP) is -0.233. The first-order valence-corrected chi connectivity index (χ1v) is 11.1. The molecule has 3 heterocycles. The zero-order valence-electron chi connectivity index (χ0n) is 18.5. The van der Waals surface area contributed by atoms with Crippen molar-refractivity contribution in [3.05, 3.63) is 35.4 Å². The number of methoxy groups -OCH3 is 1. The quantitative estimate of drug-likeness (QED) is 0.443. The van der Waals surface area contributed by atoms with E-state index in [4.69, 9.17) is 18.9 Å². The Morgan fingerprint density at radius 2 is 2.00 bits per heavy atom. The Morgan fingerprint density at radius 3 is 2.73 bits per heavy atom. The number of ether oxygens (including phenoxy) is 4. The van der Waals surface area contributed by atoms with Crippen LogP contribution in [0.3, 0.4) is 0 Å². The molecular weight excluding hydrogens is 434 g/mol. The third-order valence-corrected chi connectivity index (χ3v) is 7.25. The largest absolute Gasteiger partial charge is 0.493 e. The summed E-state index contributed by atoms with van der Waals surface area (Å²) >= 11 is 0. The first-order valence-electron chi connectivity index (χ1n) is 11.1. The van der Waals surface area contributed by atoms with Crippen LogP contribution in [0.2, 0.25) is 0 Å². The predicted molar refractivity (Wildman–Crippen MR) is 113 cm³/mol. The smallest absolute Gasteiger partial charge is 0.335 e. The molecule has 0 aromatic heterocycles. The highest BCUT2D eigenvalue weighted by Gasteiger charge is 2.54. The Balaban J connectivity index is 1.42. The molecule has 1 unspecified atom stereocenters. The molecule has 0 saturated carbocycles. The minimum absolute atomic E-state index is 0.254. The topological polar surface area (TPSA) is 138 Å². The Labute approximate surface area is 190 Å². The molecule has 180 valence electrons. The molecule has 0 bridgehead atoms. The van der Waals surface area contributed by atoms with Gasteiger partial charge in [-0.3, -0.25) is 0 Å². The number of aliphatic hydroxyl groups is 3. The molecule has 1 saturated heterocycles. The van der Waals surface area contributed by atoms with Gasteiger partial charge in [0.1, 0.15) is 24.4 Å². The van der Waals surface area contributed by atoms with Gasteiger partial charge in [0.2, 0.25) is 0 Å². The number of rotatable bonds is 4. The standard InChI is InChI=1S/C23H29NO9/c1-24-8-7-23-6-5-12(31-22-18(27)16(25)17(26)20(33-22)21(28)29)9-14(23)32-19-13(30-2)4-3-11(10-24)15(19)23/h3-6,12,14,16-18,20,22,25-27H,7-10H2,1-2H3,(H,28,29)/t12-,14-,16+,17+,18-,20+,22-,23?/m0/s1. The van der Waals surface area contributed by atoms with Crippen LogP contribution in [0.5, 0.6) is 11.5 Å². The molecule has 1 aliphatic carbocycles. The molecule has 3 aliphatic heterocycles. The number of aliphatic hydroxyl groups excluding tert-OH is 3. The van der Waals surface area contributed by atoms with E-state index in [9.17, 15) is 25.2 Å². The molecule has 4 N–H and O–H groups in total. The first-order chi connectivity index (χ1) is 15.7. The first kappa shape index (κ1) is 22.6. The van der Waals surface area contributed by atoms with Crippen molar-refractivity contribution < 1.29 is 44.2 Å². The van der Waals surface area contributed by atoms with Gasteiger partial charge < -0.3 is 44.3 Å². The highest BCUT2D eigenvalue weighted by molar-refractivity contribution is 5.73. The third kappa shape index (κ3) is 3.52. The van der Waals surface area contributed by atoms with Crippen molar-refractivity contribution in [1.29, 1.82) is 0 Å². The van der Waals surface area contributed by atoms with Crippen LogP contribution < -0.4 is 9.47 Å². The summed E-state index contributed by atoms with van der Waals surface area (Å²) in [6.07, 6.45) is -3.76. The highest BCUT2D eigenvalue weighted by Crippen LogP contribution is 2.56.